The van der Waals surface area contributed by atoms with Crippen molar-refractivity contribution in [3.8, 4) is 16.8 Å². The fraction of sp³-hybridized carbons (Fsp3) is 0.0476. The topological polar surface area (TPSA) is 14.7 Å². The Labute approximate surface area is 393 Å². The Morgan fingerprint density at radius 1 is 0.418 bits per heavy atom. The number of para-hydroxylation sites is 3. The predicted molar refractivity (Wildman–Crippen MR) is 286 cm³/mol. The van der Waals surface area contributed by atoms with Crippen molar-refractivity contribution in [3.05, 3.63) is 266 Å². The molecule has 0 atom stereocenters. The molecule has 1 aliphatic rings. The van der Waals surface area contributed by atoms with Gasteiger partial charge in [-0.15, -0.1) is 0 Å². The van der Waals surface area contributed by atoms with Gasteiger partial charge in [0.15, 0.2) is 0 Å². The van der Waals surface area contributed by atoms with Crippen molar-refractivity contribution in [2.45, 2.75) is 13.8 Å². The molecule has 0 N–H and O–H groups in total. The summed E-state index contributed by atoms with van der Waals surface area (Å²) in [5.74, 6) is 0. The average molecular weight is 863 g/mol. The van der Waals surface area contributed by atoms with Gasteiger partial charge in [0.1, 0.15) is 0 Å². The normalized spacial score (nSPS) is 13.4. The van der Waals surface area contributed by atoms with E-state index in [0.717, 1.165) is 80.0 Å². The second-order valence-electron chi connectivity index (χ2n) is 17.3. The maximum Gasteiger partial charge on any atom is 0.0542 e. The number of hydrogen-bond acceptors (Lipinski definition) is 3. The van der Waals surface area contributed by atoms with Gasteiger partial charge in [-0.3, -0.25) is 0 Å². The molecule has 67 heavy (non-hydrogen) atoms. The van der Waals surface area contributed by atoms with E-state index in [1.165, 1.54) is 32.9 Å². The zero-order valence-electron chi connectivity index (χ0n) is 37.8. The van der Waals surface area contributed by atoms with E-state index in [2.05, 4.69) is 282 Å². The SMILES string of the molecule is C=C1/C=C\C=C/CN(c2ccccc2)c2ccc(N(c3ccc(C)cc3)c3ccc(-c4ccc(N(c5ccc(C)cc5)c5ccc6c(c5)c5ccccc5n6-c5ccccc5)cc4)cc3)cc21. The molecule has 0 radical (unpaired) electrons. The Bertz CT molecular complexity index is 3440. The predicted octanol–water partition coefficient (Wildman–Crippen LogP) is 17.3. The van der Waals surface area contributed by atoms with Gasteiger partial charge in [0.25, 0.3) is 0 Å². The number of aromatic nitrogens is 1. The van der Waals surface area contributed by atoms with Crippen molar-refractivity contribution in [1.82, 2.24) is 4.57 Å². The van der Waals surface area contributed by atoms with Gasteiger partial charge in [-0.2, -0.15) is 0 Å². The lowest BCUT2D eigenvalue weighted by molar-refractivity contribution is 1.09. The van der Waals surface area contributed by atoms with E-state index in [1.54, 1.807) is 0 Å². The Kier molecular flexibility index (Phi) is 10.9. The lowest BCUT2D eigenvalue weighted by Crippen LogP contribution is -2.18. The van der Waals surface area contributed by atoms with E-state index in [0.29, 0.717) is 0 Å². The summed E-state index contributed by atoms with van der Waals surface area (Å²) in [4.78, 5) is 7.06. The zero-order chi connectivity index (χ0) is 45.3. The number of nitrogens with zero attached hydrogens (tertiary/aromatic N) is 4. The monoisotopic (exact) mass is 862 g/mol. The molecule has 0 spiro atoms. The third-order valence-electron chi connectivity index (χ3n) is 12.9. The van der Waals surface area contributed by atoms with Crippen molar-refractivity contribution in [3.63, 3.8) is 0 Å². The number of hydrogen-bond donors (Lipinski definition) is 0. The molecule has 0 unspecified atom stereocenters. The first-order valence-electron chi connectivity index (χ1n) is 23.0. The van der Waals surface area contributed by atoms with Crippen LogP contribution in [0, 0.1) is 13.8 Å². The van der Waals surface area contributed by atoms with Crippen LogP contribution in [-0.2, 0) is 0 Å². The number of allylic oxidation sites excluding steroid dienone is 4. The second-order valence-corrected chi connectivity index (χ2v) is 17.3. The van der Waals surface area contributed by atoms with Crippen molar-refractivity contribution >= 4 is 72.9 Å². The summed E-state index contributed by atoms with van der Waals surface area (Å²) in [5, 5.41) is 2.45. The number of fused-ring (bicyclic) bond motifs is 4. The Morgan fingerprint density at radius 2 is 0.896 bits per heavy atom. The van der Waals surface area contributed by atoms with Crippen LogP contribution in [0.2, 0.25) is 0 Å². The molecule has 0 fully saturated rings. The summed E-state index contributed by atoms with van der Waals surface area (Å²) >= 11 is 0. The van der Waals surface area contributed by atoms with Crippen molar-refractivity contribution < 1.29 is 0 Å². The molecule has 1 aliphatic heterocycles. The molecule has 4 nitrogen and oxygen atoms in total. The maximum atomic E-state index is 4.55. The molecule has 9 aromatic carbocycles. The Hall–Kier alpha value is -8.60. The number of benzene rings is 9. The van der Waals surface area contributed by atoms with Gasteiger partial charge in [0, 0.05) is 74.1 Å². The molecule has 0 amide bonds. The molecule has 0 bridgehead atoms. The van der Waals surface area contributed by atoms with Gasteiger partial charge in [0.05, 0.1) is 11.0 Å². The fourth-order valence-corrected chi connectivity index (χ4v) is 9.46. The first kappa shape index (κ1) is 41.1. The first-order chi connectivity index (χ1) is 33.0. The molecule has 0 saturated carbocycles. The third-order valence-corrected chi connectivity index (χ3v) is 12.9. The van der Waals surface area contributed by atoms with E-state index in [1.807, 2.05) is 0 Å². The zero-order valence-corrected chi connectivity index (χ0v) is 37.8. The molecule has 11 rings (SSSR count). The molecular formula is C63H50N4. The molecule has 4 heteroatoms. The molecular weight excluding hydrogens is 813 g/mol. The van der Waals surface area contributed by atoms with Gasteiger partial charge < -0.3 is 19.3 Å². The summed E-state index contributed by atoms with van der Waals surface area (Å²) in [6, 6.07) is 79.1. The molecule has 1 aromatic heterocycles. The summed E-state index contributed by atoms with van der Waals surface area (Å²) < 4.78 is 2.37. The minimum Gasteiger partial charge on any atom is -0.337 e. The van der Waals surface area contributed by atoms with E-state index in [4.69, 9.17) is 0 Å². The minimum absolute atomic E-state index is 0.749. The van der Waals surface area contributed by atoms with E-state index >= 15 is 0 Å². The largest absolute Gasteiger partial charge is 0.337 e. The highest BCUT2D eigenvalue weighted by Gasteiger charge is 2.21. The lowest BCUT2D eigenvalue weighted by Gasteiger charge is -2.30. The summed E-state index contributed by atoms with van der Waals surface area (Å²) in [6.07, 6.45) is 8.49. The van der Waals surface area contributed by atoms with Crippen LogP contribution in [0.3, 0.4) is 0 Å². The highest BCUT2D eigenvalue weighted by molar-refractivity contribution is 6.10. The van der Waals surface area contributed by atoms with Crippen molar-refractivity contribution in [2.24, 2.45) is 0 Å². The van der Waals surface area contributed by atoms with Crippen LogP contribution in [-0.4, -0.2) is 11.1 Å². The van der Waals surface area contributed by atoms with Crippen LogP contribution < -0.4 is 14.7 Å². The van der Waals surface area contributed by atoms with Crippen molar-refractivity contribution in [1.29, 1.82) is 0 Å². The van der Waals surface area contributed by atoms with Gasteiger partial charge in [0.2, 0.25) is 0 Å². The first-order valence-corrected chi connectivity index (χ1v) is 23.0. The Balaban J connectivity index is 0.948. The molecule has 322 valence electrons. The molecule has 0 saturated heterocycles. The summed E-state index contributed by atoms with van der Waals surface area (Å²) in [5.41, 5.74) is 19.1. The van der Waals surface area contributed by atoms with Crippen LogP contribution in [0.1, 0.15) is 16.7 Å². The molecule has 10 aromatic rings. The maximum absolute atomic E-state index is 4.55. The van der Waals surface area contributed by atoms with E-state index in [9.17, 15) is 0 Å². The van der Waals surface area contributed by atoms with E-state index < -0.39 is 0 Å². The van der Waals surface area contributed by atoms with Gasteiger partial charge >= 0.3 is 0 Å². The number of anilines is 8. The van der Waals surface area contributed by atoms with Gasteiger partial charge in [-0.05, 0) is 146 Å². The molecule has 2 heterocycles. The van der Waals surface area contributed by atoms with Crippen molar-refractivity contribution in [2.75, 3.05) is 21.2 Å². The van der Waals surface area contributed by atoms with Crippen LogP contribution in [0.15, 0.2) is 249 Å². The number of rotatable bonds is 9. The quantitative estimate of drug-likeness (QED) is 0.144. The van der Waals surface area contributed by atoms with Gasteiger partial charge in [-0.25, -0.2) is 0 Å². The minimum atomic E-state index is 0.749. The lowest BCUT2D eigenvalue weighted by atomic mass is 10.0. The summed E-state index contributed by atoms with van der Waals surface area (Å²) in [6.45, 7) is 9.57. The Morgan fingerprint density at radius 3 is 1.49 bits per heavy atom. The summed E-state index contributed by atoms with van der Waals surface area (Å²) in [7, 11) is 0. The second kappa shape index (κ2) is 17.8. The highest BCUT2D eigenvalue weighted by Crippen LogP contribution is 2.43. The van der Waals surface area contributed by atoms with E-state index in [-0.39, 0.29) is 0 Å². The fourth-order valence-electron chi connectivity index (χ4n) is 9.46. The van der Waals surface area contributed by atoms with Crippen LogP contribution in [0.5, 0.6) is 0 Å². The third kappa shape index (κ3) is 8.00. The standard InChI is InChI=1S/C63H50N4/c1-45-22-30-52(31-23-45)65(56-38-40-61-59(43-56)47(3)15-7-6-14-42-64(61)50-16-8-4-9-17-50)54-34-26-48(27-35-54)49-28-36-55(37-29-49)66(53-32-24-46(2)25-33-53)57-39-41-63-60(44-57)58-20-12-13-21-62(58)67(63)51-18-10-5-11-19-51/h4-41,43-44H,3,42H2,1-2H3/b14-6-,15-7-. The van der Waals surface area contributed by atoms with Crippen LogP contribution in [0.4, 0.5) is 45.5 Å². The molecule has 0 aliphatic carbocycles. The van der Waals surface area contributed by atoms with Crippen LogP contribution in [0.25, 0.3) is 44.2 Å². The number of aryl methyl sites for hydroxylation is 2. The van der Waals surface area contributed by atoms with Crippen LogP contribution >= 0.6 is 0 Å². The smallest absolute Gasteiger partial charge is 0.0542 e. The average Bonchev–Trinajstić information content (AvgIpc) is 3.74. The highest BCUT2D eigenvalue weighted by atomic mass is 15.2. The van der Waals surface area contributed by atoms with Gasteiger partial charge in [-0.1, -0.05) is 145 Å².